The van der Waals surface area contributed by atoms with Crippen LogP contribution in [0, 0.1) is 6.92 Å². The number of hydrogen-bond acceptors (Lipinski definition) is 6. The molecule has 0 bridgehead atoms. The van der Waals surface area contributed by atoms with E-state index in [0.717, 1.165) is 10.6 Å². The molecule has 5 nitrogen and oxygen atoms in total. The number of alkyl halides is 3. The molecular formula is C16H13F3N4OS. The third kappa shape index (κ3) is 4.72. The standard InChI is InChI=1S/C16H13F3N4OS/c1-10-9-12(21-15(20-10)24-8-7-16(17,18)19)14-23-22-13(25-14)11-5-3-2-4-6-11/h2-6,9H,7-8H2,1H3. The number of rotatable bonds is 5. The number of halogens is 3. The normalized spacial score (nSPS) is 11.5. The summed E-state index contributed by atoms with van der Waals surface area (Å²) in [6, 6.07) is 11.1. The molecular weight excluding hydrogens is 353 g/mol. The van der Waals surface area contributed by atoms with Gasteiger partial charge in [-0.25, -0.2) is 4.98 Å². The topological polar surface area (TPSA) is 60.8 Å². The smallest absolute Gasteiger partial charge is 0.392 e. The Morgan fingerprint density at radius 2 is 1.76 bits per heavy atom. The molecule has 0 atom stereocenters. The molecule has 0 aliphatic carbocycles. The summed E-state index contributed by atoms with van der Waals surface area (Å²) in [5.74, 6) is 0. The van der Waals surface area contributed by atoms with Crippen LogP contribution in [0.1, 0.15) is 12.1 Å². The van der Waals surface area contributed by atoms with Gasteiger partial charge in [0.2, 0.25) is 0 Å². The fourth-order valence-corrected chi connectivity index (χ4v) is 2.81. The van der Waals surface area contributed by atoms with E-state index < -0.39 is 19.2 Å². The van der Waals surface area contributed by atoms with Crippen molar-refractivity contribution in [3.8, 4) is 27.3 Å². The summed E-state index contributed by atoms with van der Waals surface area (Å²) in [6.45, 7) is 1.18. The zero-order chi connectivity index (χ0) is 17.9. The molecule has 0 unspecified atom stereocenters. The van der Waals surface area contributed by atoms with Gasteiger partial charge in [0.25, 0.3) is 0 Å². The highest BCUT2D eigenvalue weighted by molar-refractivity contribution is 7.17. The molecule has 0 radical (unpaired) electrons. The van der Waals surface area contributed by atoms with Crippen molar-refractivity contribution in [2.75, 3.05) is 6.61 Å². The number of aryl methyl sites for hydroxylation is 1. The molecule has 2 heterocycles. The number of hydrogen-bond donors (Lipinski definition) is 0. The van der Waals surface area contributed by atoms with Gasteiger partial charge in [-0.15, -0.1) is 10.2 Å². The van der Waals surface area contributed by atoms with Crippen molar-refractivity contribution in [3.05, 3.63) is 42.1 Å². The second-order valence-electron chi connectivity index (χ2n) is 5.17. The molecule has 0 N–H and O–H groups in total. The predicted molar refractivity (Wildman–Crippen MR) is 87.3 cm³/mol. The van der Waals surface area contributed by atoms with Crippen LogP contribution < -0.4 is 4.74 Å². The van der Waals surface area contributed by atoms with E-state index in [9.17, 15) is 13.2 Å². The van der Waals surface area contributed by atoms with E-state index in [2.05, 4.69) is 20.2 Å². The van der Waals surface area contributed by atoms with Gasteiger partial charge < -0.3 is 4.74 Å². The lowest BCUT2D eigenvalue weighted by molar-refractivity contribution is -0.139. The van der Waals surface area contributed by atoms with Crippen LogP contribution >= 0.6 is 11.3 Å². The first-order chi connectivity index (χ1) is 11.9. The highest BCUT2D eigenvalue weighted by Crippen LogP contribution is 2.29. The number of benzene rings is 1. The van der Waals surface area contributed by atoms with E-state index >= 15 is 0 Å². The van der Waals surface area contributed by atoms with Crippen LogP contribution in [0.3, 0.4) is 0 Å². The molecule has 0 saturated carbocycles. The number of nitrogens with zero attached hydrogens (tertiary/aromatic N) is 4. The molecule has 0 fully saturated rings. The van der Waals surface area contributed by atoms with Crippen molar-refractivity contribution in [1.29, 1.82) is 0 Å². The van der Waals surface area contributed by atoms with Crippen LogP contribution in [0.15, 0.2) is 36.4 Å². The van der Waals surface area contributed by atoms with Crippen LogP contribution in [-0.4, -0.2) is 32.9 Å². The second-order valence-corrected chi connectivity index (χ2v) is 6.15. The molecule has 0 spiro atoms. The second kappa shape index (κ2) is 7.14. The van der Waals surface area contributed by atoms with Crippen molar-refractivity contribution in [3.63, 3.8) is 0 Å². The van der Waals surface area contributed by atoms with Gasteiger partial charge in [-0.05, 0) is 13.0 Å². The van der Waals surface area contributed by atoms with Crippen LogP contribution in [0.5, 0.6) is 6.01 Å². The monoisotopic (exact) mass is 366 g/mol. The van der Waals surface area contributed by atoms with Crippen molar-refractivity contribution in [2.24, 2.45) is 0 Å². The van der Waals surface area contributed by atoms with E-state index in [1.54, 1.807) is 13.0 Å². The van der Waals surface area contributed by atoms with Gasteiger partial charge in [-0.3, -0.25) is 0 Å². The van der Waals surface area contributed by atoms with Gasteiger partial charge in [0, 0.05) is 11.3 Å². The molecule has 0 aliphatic rings. The highest BCUT2D eigenvalue weighted by atomic mass is 32.1. The zero-order valence-electron chi connectivity index (χ0n) is 13.1. The Morgan fingerprint density at radius 1 is 1.04 bits per heavy atom. The minimum Gasteiger partial charge on any atom is -0.463 e. The average Bonchev–Trinajstić information content (AvgIpc) is 3.04. The van der Waals surface area contributed by atoms with Gasteiger partial charge in [0.15, 0.2) is 5.01 Å². The van der Waals surface area contributed by atoms with Gasteiger partial charge >= 0.3 is 12.2 Å². The van der Waals surface area contributed by atoms with Gasteiger partial charge in [0.05, 0.1) is 6.42 Å². The molecule has 2 aromatic heterocycles. The van der Waals surface area contributed by atoms with Crippen LogP contribution in [0.4, 0.5) is 13.2 Å². The molecule has 3 aromatic rings. The predicted octanol–water partition coefficient (Wildman–Crippen LogP) is 4.30. The Kier molecular flexibility index (Phi) is 4.93. The third-order valence-corrected chi connectivity index (χ3v) is 4.11. The third-order valence-electron chi connectivity index (χ3n) is 3.12. The summed E-state index contributed by atoms with van der Waals surface area (Å²) >= 11 is 1.34. The van der Waals surface area contributed by atoms with E-state index in [-0.39, 0.29) is 6.01 Å². The lowest BCUT2D eigenvalue weighted by Crippen LogP contribution is -2.14. The average molecular weight is 366 g/mol. The van der Waals surface area contributed by atoms with Crippen molar-refractivity contribution in [2.45, 2.75) is 19.5 Å². The summed E-state index contributed by atoms with van der Waals surface area (Å²) < 4.78 is 41.7. The fraction of sp³-hybridized carbons (Fsp3) is 0.250. The Hall–Kier alpha value is -2.55. The van der Waals surface area contributed by atoms with Crippen molar-refractivity contribution in [1.82, 2.24) is 20.2 Å². The van der Waals surface area contributed by atoms with E-state index in [4.69, 9.17) is 4.74 Å². The Labute approximate surface area is 145 Å². The largest absolute Gasteiger partial charge is 0.463 e. The molecule has 25 heavy (non-hydrogen) atoms. The molecule has 0 aliphatic heterocycles. The summed E-state index contributed by atoms with van der Waals surface area (Å²) in [7, 11) is 0. The van der Waals surface area contributed by atoms with Crippen LogP contribution in [0.25, 0.3) is 21.3 Å². The SMILES string of the molecule is Cc1cc(-c2nnc(-c3ccccc3)s2)nc(OCCC(F)(F)F)n1. The maximum absolute atomic E-state index is 12.2. The van der Waals surface area contributed by atoms with Crippen molar-refractivity contribution < 1.29 is 17.9 Å². The van der Waals surface area contributed by atoms with E-state index in [1.165, 1.54) is 11.3 Å². The Balaban J connectivity index is 1.80. The van der Waals surface area contributed by atoms with Crippen LogP contribution in [0.2, 0.25) is 0 Å². The highest BCUT2D eigenvalue weighted by Gasteiger charge is 2.27. The maximum atomic E-state index is 12.2. The molecule has 1 aromatic carbocycles. The molecule has 0 saturated heterocycles. The van der Waals surface area contributed by atoms with Crippen molar-refractivity contribution >= 4 is 11.3 Å². The fourth-order valence-electron chi connectivity index (χ4n) is 2.00. The molecule has 9 heteroatoms. The summed E-state index contributed by atoms with van der Waals surface area (Å²) in [5, 5.41) is 9.52. The summed E-state index contributed by atoms with van der Waals surface area (Å²) in [4.78, 5) is 8.14. The number of aromatic nitrogens is 4. The zero-order valence-corrected chi connectivity index (χ0v) is 13.9. The quantitative estimate of drug-likeness (QED) is 0.674. The van der Waals surface area contributed by atoms with Gasteiger partial charge in [-0.1, -0.05) is 41.7 Å². The minimum absolute atomic E-state index is 0.101. The first kappa shape index (κ1) is 17.3. The van der Waals surface area contributed by atoms with E-state index in [0.29, 0.717) is 16.4 Å². The van der Waals surface area contributed by atoms with Gasteiger partial charge in [-0.2, -0.15) is 18.2 Å². The Bertz CT molecular complexity index is 852. The number of ether oxygens (including phenoxy) is 1. The maximum Gasteiger partial charge on any atom is 0.392 e. The summed E-state index contributed by atoms with van der Waals surface area (Å²) in [6.07, 6.45) is -5.34. The summed E-state index contributed by atoms with van der Waals surface area (Å²) in [5.41, 5.74) is 1.97. The van der Waals surface area contributed by atoms with Crippen LogP contribution in [-0.2, 0) is 0 Å². The Morgan fingerprint density at radius 3 is 2.48 bits per heavy atom. The molecule has 0 amide bonds. The minimum atomic E-state index is -4.28. The van der Waals surface area contributed by atoms with E-state index in [1.807, 2.05) is 30.3 Å². The molecule has 130 valence electrons. The first-order valence-electron chi connectivity index (χ1n) is 7.35. The van der Waals surface area contributed by atoms with Gasteiger partial charge in [0.1, 0.15) is 17.3 Å². The lowest BCUT2D eigenvalue weighted by atomic mass is 10.2. The first-order valence-corrected chi connectivity index (χ1v) is 8.17. The lowest BCUT2D eigenvalue weighted by Gasteiger charge is -2.08. The molecule has 3 rings (SSSR count).